The van der Waals surface area contributed by atoms with E-state index in [0.29, 0.717) is 40.9 Å². The Hall–Kier alpha value is -5.38. The number of alkyl carbamates (subject to hydrolysis) is 1. The van der Waals surface area contributed by atoms with Crippen LogP contribution in [0.5, 0.6) is 11.5 Å². The number of nitrogens with zero attached hydrogens (tertiary/aromatic N) is 3. The van der Waals surface area contributed by atoms with Crippen molar-refractivity contribution in [3.8, 4) is 28.8 Å². The maximum absolute atomic E-state index is 14.0. The number of methoxy groups -OCH3 is 1. The van der Waals surface area contributed by atoms with Gasteiger partial charge in [-0.1, -0.05) is 30.3 Å². The lowest BCUT2D eigenvalue weighted by atomic mass is 10.1. The van der Waals surface area contributed by atoms with Gasteiger partial charge >= 0.3 is 6.09 Å². The molecule has 2 heterocycles. The highest BCUT2D eigenvalue weighted by Gasteiger charge is 2.51. The lowest BCUT2D eigenvalue weighted by Gasteiger charge is -2.29. The van der Waals surface area contributed by atoms with Crippen LogP contribution >= 0.6 is 0 Å². The van der Waals surface area contributed by atoms with Crippen molar-refractivity contribution < 1.29 is 33.4 Å². The SMILES string of the molecule is COc1ccc2c(OC3CC(C(N)=O)N(C(=O)C(CNC(=O)C4(C#N)CC4)NC(=O)OC(C)(C)C)C3)cc(-c3ccccc3)nc2c1. The van der Waals surface area contributed by atoms with Gasteiger partial charge in [-0.15, -0.1) is 0 Å². The van der Waals surface area contributed by atoms with E-state index >= 15 is 0 Å². The fraction of sp³-hybridized carbons (Fsp3) is 0.412. The van der Waals surface area contributed by atoms with Crippen molar-refractivity contribution in [1.82, 2.24) is 20.5 Å². The molecule has 1 aliphatic heterocycles. The van der Waals surface area contributed by atoms with Crippen molar-refractivity contribution in [3.63, 3.8) is 0 Å². The number of nitrogens with two attached hydrogens (primary N) is 1. The Kier molecular flexibility index (Phi) is 9.24. The molecule has 4 amide bonds. The number of carbonyl (C=O) groups is 4. The van der Waals surface area contributed by atoms with Gasteiger partial charge in [-0.3, -0.25) is 14.4 Å². The molecule has 3 atom stereocenters. The molecular weight excluding hydrogens is 604 g/mol. The minimum Gasteiger partial charge on any atom is -0.497 e. The van der Waals surface area contributed by atoms with Crippen LogP contribution in [0, 0.1) is 16.7 Å². The summed E-state index contributed by atoms with van der Waals surface area (Å²) in [7, 11) is 1.57. The highest BCUT2D eigenvalue weighted by molar-refractivity contribution is 5.93. The zero-order chi connectivity index (χ0) is 33.9. The molecule has 2 aromatic carbocycles. The van der Waals surface area contributed by atoms with Crippen LogP contribution in [0.2, 0.25) is 0 Å². The molecule has 4 N–H and O–H groups in total. The molecule has 1 aromatic heterocycles. The third-order valence-corrected chi connectivity index (χ3v) is 8.07. The zero-order valence-electron chi connectivity index (χ0n) is 26.7. The molecule has 0 spiro atoms. The summed E-state index contributed by atoms with van der Waals surface area (Å²) in [5.74, 6) is -0.845. The number of nitriles is 1. The minimum absolute atomic E-state index is 0.0321. The summed E-state index contributed by atoms with van der Waals surface area (Å²) in [5, 5.41) is 15.2. The fourth-order valence-corrected chi connectivity index (χ4v) is 5.46. The Morgan fingerprint density at radius 3 is 2.47 bits per heavy atom. The van der Waals surface area contributed by atoms with Crippen LogP contribution in [0.4, 0.5) is 4.79 Å². The van der Waals surface area contributed by atoms with Gasteiger partial charge in [-0.2, -0.15) is 5.26 Å². The Bertz CT molecular complexity index is 1730. The molecular formula is C34H38N6O7. The van der Waals surface area contributed by atoms with Crippen molar-refractivity contribution >= 4 is 34.7 Å². The molecule has 2 aliphatic rings. The van der Waals surface area contributed by atoms with Crippen LogP contribution in [-0.4, -0.2) is 77.7 Å². The maximum Gasteiger partial charge on any atom is 0.408 e. The molecule has 13 heteroatoms. The standard InChI is InChI=1S/C34H38N6O7/c1-33(2,3)47-32(44)39-26(17-37-31(43)34(19-35)12-13-34)30(42)40-18-22(15-27(40)29(36)41)46-28-16-24(20-8-6-5-7-9-20)38-25-14-21(45-4)10-11-23(25)28/h5-11,14,16,22,26-27H,12-13,15,17-18H2,1-4H3,(H2,36,41)(H,37,43)(H,39,44). The monoisotopic (exact) mass is 642 g/mol. The zero-order valence-corrected chi connectivity index (χ0v) is 26.7. The number of pyridine rings is 1. The first kappa shape index (κ1) is 33.0. The second kappa shape index (κ2) is 13.2. The maximum atomic E-state index is 14.0. The summed E-state index contributed by atoms with van der Waals surface area (Å²) in [6, 6.07) is 16.4. The van der Waals surface area contributed by atoms with E-state index in [1.165, 1.54) is 4.90 Å². The highest BCUT2D eigenvalue weighted by Crippen LogP contribution is 2.45. The van der Waals surface area contributed by atoms with Crippen molar-refractivity contribution in [1.29, 1.82) is 5.26 Å². The topological polar surface area (TPSA) is 186 Å². The van der Waals surface area contributed by atoms with E-state index in [0.717, 1.165) is 5.56 Å². The Morgan fingerprint density at radius 1 is 1.13 bits per heavy atom. The number of rotatable bonds is 10. The van der Waals surface area contributed by atoms with E-state index in [-0.39, 0.29) is 19.5 Å². The van der Waals surface area contributed by atoms with Gasteiger partial charge in [-0.05, 0) is 45.7 Å². The number of fused-ring (bicyclic) bond motifs is 1. The van der Waals surface area contributed by atoms with E-state index in [1.54, 1.807) is 46.1 Å². The molecule has 47 heavy (non-hydrogen) atoms. The molecule has 5 rings (SSSR count). The molecule has 13 nitrogen and oxygen atoms in total. The van der Waals surface area contributed by atoms with Gasteiger partial charge < -0.3 is 35.5 Å². The number of aromatic nitrogens is 1. The molecule has 0 bridgehead atoms. The van der Waals surface area contributed by atoms with Crippen LogP contribution in [-0.2, 0) is 19.1 Å². The van der Waals surface area contributed by atoms with Crippen LogP contribution in [0.1, 0.15) is 40.0 Å². The van der Waals surface area contributed by atoms with Gasteiger partial charge in [0.2, 0.25) is 17.7 Å². The number of amides is 4. The van der Waals surface area contributed by atoms with Crippen LogP contribution in [0.25, 0.3) is 22.2 Å². The number of ether oxygens (including phenoxy) is 3. The van der Waals surface area contributed by atoms with E-state index in [2.05, 4.69) is 10.6 Å². The van der Waals surface area contributed by atoms with E-state index in [9.17, 15) is 24.4 Å². The Morgan fingerprint density at radius 2 is 1.85 bits per heavy atom. The Balaban J connectivity index is 1.41. The number of benzene rings is 2. The molecule has 2 fully saturated rings. The second-order valence-corrected chi connectivity index (χ2v) is 12.7. The fourth-order valence-electron chi connectivity index (χ4n) is 5.46. The summed E-state index contributed by atoms with van der Waals surface area (Å²) >= 11 is 0. The smallest absolute Gasteiger partial charge is 0.408 e. The first-order chi connectivity index (χ1) is 22.3. The van der Waals surface area contributed by atoms with Gasteiger partial charge in [0, 0.05) is 36.0 Å². The van der Waals surface area contributed by atoms with Gasteiger partial charge in [0.25, 0.3) is 0 Å². The molecule has 3 unspecified atom stereocenters. The van der Waals surface area contributed by atoms with E-state index in [4.69, 9.17) is 24.9 Å². The molecule has 246 valence electrons. The first-order valence-corrected chi connectivity index (χ1v) is 15.3. The third-order valence-electron chi connectivity index (χ3n) is 8.07. The minimum atomic E-state index is -1.32. The summed E-state index contributed by atoms with van der Waals surface area (Å²) in [6.07, 6.45) is -0.639. The molecule has 3 aromatic rings. The summed E-state index contributed by atoms with van der Waals surface area (Å²) in [5.41, 5.74) is 5.90. The van der Waals surface area contributed by atoms with E-state index < -0.39 is 53.0 Å². The lowest BCUT2D eigenvalue weighted by Crippen LogP contribution is -2.57. The summed E-state index contributed by atoms with van der Waals surface area (Å²) in [4.78, 5) is 58.1. The average Bonchev–Trinajstić information content (AvgIpc) is 3.73. The molecule has 1 saturated carbocycles. The number of hydrogen-bond donors (Lipinski definition) is 3. The van der Waals surface area contributed by atoms with Crippen molar-refractivity contribution in [2.75, 3.05) is 20.2 Å². The van der Waals surface area contributed by atoms with Crippen LogP contribution < -0.4 is 25.8 Å². The predicted octanol–water partition coefficient (Wildman–Crippen LogP) is 3.06. The quantitative estimate of drug-likeness (QED) is 0.299. The molecule has 1 aliphatic carbocycles. The average molecular weight is 643 g/mol. The van der Waals surface area contributed by atoms with Gasteiger partial charge in [0.1, 0.15) is 40.7 Å². The van der Waals surface area contributed by atoms with Gasteiger partial charge in [0.05, 0.1) is 30.9 Å². The van der Waals surface area contributed by atoms with Gasteiger partial charge in [0.15, 0.2) is 0 Å². The lowest BCUT2D eigenvalue weighted by molar-refractivity contribution is -0.139. The van der Waals surface area contributed by atoms with Gasteiger partial charge in [-0.25, -0.2) is 9.78 Å². The highest BCUT2D eigenvalue weighted by atomic mass is 16.6. The van der Waals surface area contributed by atoms with Crippen LogP contribution in [0.3, 0.4) is 0 Å². The normalized spacial score (nSPS) is 18.8. The first-order valence-electron chi connectivity index (χ1n) is 15.3. The molecule has 1 saturated heterocycles. The number of carbonyl (C=O) groups excluding carboxylic acids is 4. The third kappa shape index (κ3) is 7.54. The second-order valence-electron chi connectivity index (χ2n) is 12.7. The van der Waals surface area contributed by atoms with Crippen molar-refractivity contribution in [3.05, 3.63) is 54.6 Å². The van der Waals surface area contributed by atoms with Crippen molar-refractivity contribution in [2.24, 2.45) is 11.1 Å². The predicted molar refractivity (Wildman–Crippen MR) is 171 cm³/mol. The summed E-state index contributed by atoms with van der Waals surface area (Å²) < 4.78 is 17.2. The Labute approximate surface area is 272 Å². The summed E-state index contributed by atoms with van der Waals surface area (Å²) in [6.45, 7) is 4.65. The largest absolute Gasteiger partial charge is 0.497 e. The number of nitrogens with one attached hydrogen (secondary N) is 2. The molecule has 0 radical (unpaired) electrons. The number of primary amides is 1. The van der Waals surface area contributed by atoms with Crippen molar-refractivity contribution in [2.45, 2.75) is 63.8 Å². The van der Waals surface area contributed by atoms with Crippen LogP contribution in [0.15, 0.2) is 54.6 Å². The number of likely N-dealkylation sites (tertiary alicyclic amines) is 1. The van der Waals surface area contributed by atoms with E-state index in [1.807, 2.05) is 42.5 Å². The number of hydrogen-bond acceptors (Lipinski definition) is 9.